The van der Waals surface area contributed by atoms with Crippen molar-refractivity contribution in [3.63, 3.8) is 0 Å². The number of hydrogen-bond acceptors (Lipinski definition) is 3. The van der Waals surface area contributed by atoms with E-state index in [4.69, 9.17) is 4.55 Å². The van der Waals surface area contributed by atoms with E-state index in [1.54, 1.807) is 6.92 Å². The molecule has 1 aromatic rings. The van der Waals surface area contributed by atoms with Gasteiger partial charge in [-0.15, -0.1) is 0 Å². The highest BCUT2D eigenvalue weighted by Gasteiger charge is 2.34. The lowest BCUT2D eigenvalue weighted by Gasteiger charge is -2.20. The van der Waals surface area contributed by atoms with Gasteiger partial charge in [-0.2, -0.15) is 8.42 Å². The highest BCUT2D eigenvalue weighted by atomic mass is 32.2. The van der Waals surface area contributed by atoms with Crippen LogP contribution in [-0.2, 0) is 16.5 Å². The van der Waals surface area contributed by atoms with Gasteiger partial charge in [-0.1, -0.05) is 23.8 Å². The van der Waals surface area contributed by atoms with E-state index in [2.05, 4.69) is 5.32 Å². The highest BCUT2D eigenvalue weighted by Crippen LogP contribution is 2.16. The van der Waals surface area contributed by atoms with Crippen LogP contribution in [-0.4, -0.2) is 37.2 Å². The van der Waals surface area contributed by atoms with E-state index in [1.807, 2.05) is 32.0 Å². The third-order valence-corrected chi connectivity index (χ3v) is 3.91. The Labute approximate surface area is 124 Å². The summed E-state index contributed by atoms with van der Waals surface area (Å²) in [6, 6.07) is 5.70. The summed E-state index contributed by atoms with van der Waals surface area (Å²) in [4.78, 5) is 0. The number of nitrogens with one attached hydrogen (secondary N) is 1. The second-order valence-electron chi connectivity index (χ2n) is 5.50. The molecule has 0 radical (unpaired) electrons. The molecule has 4 nitrogen and oxygen atoms in total. The Morgan fingerprint density at radius 1 is 1.33 bits per heavy atom. The first kappa shape index (κ1) is 18.0. The molecule has 0 amide bonds. The van der Waals surface area contributed by atoms with Crippen molar-refractivity contribution in [2.45, 2.75) is 39.2 Å². The van der Waals surface area contributed by atoms with Crippen LogP contribution in [0.15, 0.2) is 18.2 Å². The minimum absolute atomic E-state index is 0.237. The van der Waals surface area contributed by atoms with Crippen molar-refractivity contribution in [2.75, 3.05) is 12.3 Å². The third-order valence-electron chi connectivity index (χ3n) is 3.13. The number of rotatable bonds is 7. The molecule has 0 saturated carbocycles. The van der Waals surface area contributed by atoms with Crippen molar-refractivity contribution in [3.05, 3.63) is 34.9 Å². The fraction of sp³-hybridized carbons (Fsp3) is 0.571. The lowest BCUT2D eigenvalue weighted by atomic mass is 10.00. The van der Waals surface area contributed by atoms with Gasteiger partial charge < -0.3 is 5.32 Å². The zero-order valence-corrected chi connectivity index (χ0v) is 13.2. The summed E-state index contributed by atoms with van der Waals surface area (Å²) in [7, 11) is -4.69. The smallest absolute Gasteiger partial charge is 0.276 e. The van der Waals surface area contributed by atoms with Crippen LogP contribution in [0.25, 0.3) is 0 Å². The van der Waals surface area contributed by atoms with Gasteiger partial charge in [-0.3, -0.25) is 4.55 Å². The molecule has 0 aromatic heterocycles. The fourth-order valence-corrected chi connectivity index (χ4v) is 2.75. The van der Waals surface area contributed by atoms with Gasteiger partial charge in [0.25, 0.3) is 16.0 Å². The second-order valence-corrected chi connectivity index (χ2v) is 6.95. The molecule has 1 rings (SSSR count). The zero-order chi connectivity index (χ0) is 16.3. The standard InChI is InChI=1S/C14H21F2NO3S/c1-10-4-5-13(11(2)6-10)7-12(3)17-8-14(15,16)9-21(18,19)20/h4-6,12,17H,7-9H2,1-3H3,(H,18,19,20). The molecule has 0 aliphatic carbocycles. The average molecular weight is 321 g/mol. The summed E-state index contributed by atoms with van der Waals surface area (Å²) < 4.78 is 56.2. The molecular formula is C14H21F2NO3S. The van der Waals surface area contributed by atoms with Crippen LogP contribution < -0.4 is 5.32 Å². The minimum atomic E-state index is -4.69. The van der Waals surface area contributed by atoms with E-state index in [9.17, 15) is 17.2 Å². The highest BCUT2D eigenvalue weighted by molar-refractivity contribution is 7.85. The van der Waals surface area contributed by atoms with Crippen LogP contribution >= 0.6 is 0 Å². The molecule has 0 heterocycles. The van der Waals surface area contributed by atoms with Crippen LogP contribution in [0.2, 0.25) is 0 Å². The molecular weight excluding hydrogens is 300 g/mol. The Kier molecular flexibility index (Phi) is 5.83. The molecule has 1 atom stereocenters. The van der Waals surface area contributed by atoms with E-state index >= 15 is 0 Å². The molecule has 0 aliphatic rings. The quantitative estimate of drug-likeness (QED) is 0.757. The van der Waals surface area contributed by atoms with Crippen LogP contribution in [0.1, 0.15) is 23.6 Å². The van der Waals surface area contributed by atoms with E-state index < -0.39 is 28.3 Å². The van der Waals surface area contributed by atoms with Crippen molar-refractivity contribution >= 4 is 10.1 Å². The maximum Gasteiger partial charge on any atom is 0.276 e. The SMILES string of the molecule is Cc1ccc(CC(C)NCC(F)(F)CS(=O)(=O)O)c(C)c1. The summed E-state index contributed by atoms with van der Waals surface area (Å²) in [5.74, 6) is -5.06. The van der Waals surface area contributed by atoms with Crippen LogP contribution in [0, 0.1) is 13.8 Å². The number of benzene rings is 1. The predicted octanol–water partition coefficient (Wildman–Crippen LogP) is 2.35. The van der Waals surface area contributed by atoms with Crippen LogP contribution in [0.3, 0.4) is 0 Å². The van der Waals surface area contributed by atoms with Gasteiger partial charge in [0.1, 0.15) is 5.75 Å². The number of alkyl halides is 2. The van der Waals surface area contributed by atoms with Gasteiger partial charge in [-0.05, 0) is 38.3 Å². The molecule has 0 fully saturated rings. The molecule has 7 heteroatoms. The summed E-state index contributed by atoms with van der Waals surface area (Å²) >= 11 is 0. The summed E-state index contributed by atoms with van der Waals surface area (Å²) in [5.41, 5.74) is 3.28. The van der Waals surface area contributed by atoms with Crippen molar-refractivity contribution in [1.82, 2.24) is 5.32 Å². The third kappa shape index (κ3) is 6.97. The molecule has 120 valence electrons. The Bertz CT molecular complexity index is 588. The monoisotopic (exact) mass is 321 g/mol. The van der Waals surface area contributed by atoms with Gasteiger partial charge in [-0.25, -0.2) is 8.78 Å². The fourth-order valence-electron chi connectivity index (χ4n) is 2.12. The van der Waals surface area contributed by atoms with Gasteiger partial charge in [0.05, 0.1) is 6.54 Å². The van der Waals surface area contributed by atoms with Gasteiger partial charge >= 0.3 is 0 Å². The summed E-state index contributed by atoms with van der Waals surface area (Å²) in [6.07, 6.45) is 0.564. The average Bonchev–Trinajstić information content (AvgIpc) is 2.27. The van der Waals surface area contributed by atoms with Crippen molar-refractivity contribution < 1.29 is 21.8 Å². The van der Waals surface area contributed by atoms with Gasteiger partial charge in [0.2, 0.25) is 0 Å². The van der Waals surface area contributed by atoms with E-state index in [0.29, 0.717) is 6.42 Å². The van der Waals surface area contributed by atoms with Crippen molar-refractivity contribution in [3.8, 4) is 0 Å². The van der Waals surface area contributed by atoms with Gasteiger partial charge in [0, 0.05) is 6.04 Å². The second kappa shape index (κ2) is 6.81. The molecule has 1 aromatic carbocycles. The zero-order valence-electron chi connectivity index (χ0n) is 12.4. The normalized spacial score (nSPS) is 14.2. The van der Waals surface area contributed by atoms with Crippen LogP contribution in [0.4, 0.5) is 8.78 Å². The number of aryl methyl sites for hydroxylation is 2. The molecule has 21 heavy (non-hydrogen) atoms. The Balaban J connectivity index is 2.56. The first-order valence-electron chi connectivity index (χ1n) is 6.61. The topological polar surface area (TPSA) is 66.4 Å². The lowest BCUT2D eigenvalue weighted by molar-refractivity contribution is 0.0226. The summed E-state index contributed by atoms with van der Waals surface area (Å²) in [6.45, 7) is 4.90. The Hall–Kier alpha value is -1.05. The minimum Gasteiger partial charge on any atom is -0.308 e. The Morgan fingerprint density at radius 2 is 1.95 bits per heavy atom. The lowest BCUT2D eigenvalue weighted by Crippen LogP contribution is -2.42. The first-order valence-corrected chi connectivity index (χ1v) is 8.22. The van der Waals surface area contributed by atoms with E-state index in [0.717, 1.165) is 16.7 Å². The predicted molar refractivity (Wildman–Crippen MR) is 78.4 cm³/mol. The first-order chi connectivity index (χ1) is 9.48. The molecule has 2 N–H and O–H groups in total. The molecule has 0 spiro atoms. The maximum atomic E-state index is 13.3. The molecule has 0 aliphatic heterocycles. The van der Waals surface area contributed by atoms with Gasteiger partial charge in [0.15, 0.2) is 0 Å². The molecule has 0 saturated heterocycles. The molecule has 1 unspecified atom stereocenters. The van der Waals surface area contributed by atoms with Crippen LogP contribution in [0.5, 0.6) is 0 Å². The number of hydrogen-bond donors (Lipinski definition) is 2. The maximum absolute atomic E-state index is 13.3. The van der Waals surface area contributed by atoms with Crippen molar-refractivity contribution in [1.29, 1.82) is 0 Å². The van der Waals surface area contributed by atoms with Crippen molar-refractivity contribution in [2.24, 2.45) is 0 Å². The summed E-state index contributed by atoms with van der Waals surface area (Å²) in [5, 5.41) is 2.61. The Morgan fingerprint density at radius 3 is 2.48 bits per heavy atom. The van der Waals surface area contributed by atoms with E-state index in [-0.39, 0.29) is 6.04 Å². The largest absolute Gasteiger partial charge is 0.308 e. The number of halogens is 2. The molecule has 0 bridgehead atoms. The van der Waals surface area contributed by atoms with E-state index in [1.165, 1.54) is 0 Å².